The lowest BCUT2D eigenvalue weighted by Crippen LogP contribution is -2.17. The molecule has 0 saturated carbocycles. The molecule has 1 atom stereocenters. The average Bonchev–Trinajstić information content (AvgIpc) is 2.39. The summed E-state index contributed by atoms with van der Waals surface area (Å²) in [5.74, 6) is -0.352. The van der Waals surface area contributed by atoms with Crippen molar-refractivity contribution in [2.75, 3.05) is 13.2 Å². The van der Waals surface area contributed by atoms with Gasteiger partial charge in [-0.05, 0) is 29.9 Å². The number of rotatable bonds is 4. The van der Waals surface area contributed by atoms with Crippen molar-refractivity contribution < 1.29 is 14.6 Å². The Balaban J connectivity index is 2.11. The van der Waals surface area contributed by atoms with Crippen LogP contribution in [0.15, 0.2) is 24.3 Å². The van der Waals surface area contributed by atoms with Crippen molar-refractivity contribution in [2.24, 2.45) is 5.73 Å². The lowest BCUT2D eigenvalue weighted by atomic mass is 9.89. The molecule has 98 valence electrons. The quantitative estimate of drug-likeness (QED) is 0.856. The van der Waals surface area contributed by atoms with Gasteiger partial charge in [-0.1, -0.05) is 24.3 Å². The maximum absolute atomic E-state index is 10.7. The number of nitrogens with two attached hydrogens (primary N) is 1. The normalized spacial score (nSPS) is 18.5. The van der Waals surface area contributed by atoms with Crippen LogP contribution < -0.4 is 5.73 Å². The SMILES string of the molecule is NC(CC(=O)O)c1cccc(C2CCOCC2)c1. The molecule has 0 amide bonds. The first kappa shape index (κ1) is 13.1. The van der Waals surface area contributed by atoms with Crippen molar-refractivity contribution in [2.45, 2.75) is 31.2 Å². The summed E-state index contributed by atoms with van der Waals surface area (Å²) in [4.78, 5) is 10.7. The van der Waals surface area contributed by atoms with Crippen LogP contribution in [0, 0.1) is 0 Å². The first-order valence-electron chi connectivity index (χ1n) is 6.32. The van der Waals surface area contributed by atoms with Gasteiger partial charge >= 0.3 is 5.97 Å². The van der Waals surface area contributed by atoms with Gasteiger partial charge in [-0.3, -0.25) is 4.79 Å². The molecule has 0 radical (unpaired) electrons. The first-order chi connectivity index (χ1) is 8.66. The molecule has 0 spiro atoms. The number of carbonyl (C=O) groups is 1. The van der Waals surface area contributed by atoms with E-state index in [0.717, 1.165) is 31.6 Å². The molecule has 1 aromatic carbocycles. The summed E-state index contributed by atoms with van der Waals surface area (Å²) in [6, 6.07) is 7.57. The molecule has 1 aliphatic heterocycles. The Labute approximate surface area is 107 Å². The zero-order valence-corrected chi connectivity index (χ0v) is 10.3. The Kier molecular flexibility index (Phi) is 4.33. The van der Waals surface area contributed by atoms with Crippen molar-refractivity contribution in [3.05, 3.63) is 35.4 Å². The van der Waals surface area contributed by atoms with Crippen molar-refractivity contribution in [3.8, 4) is 0 Å². The molecule has 1 heterocycles. The molecular weight excluding hydrogens is 230 g/mol. The van der Waals surface area contributed by atoms with Gasteiger partial charge in [0.15, 0.2) is 0 Å². The second kappa shape index (κ2) is 5.98. The van der Waals surface area contributed by atoms with Gasteiger partial charge in [0, 0.05) is 19.3 Å². The molecular formula is C14H19NO3. The summed E-state index contributed by atoms with van der Waals surface area (Å²) < 4.78 is 5.35. The third kappa shape index (κ3) is 3.31. The summed E-state index contributed by atoms with van der Waals surface area (Å²) in [5, 5.41) is 8.77. The Morgan fingerprint density at radius 1 is 1.44 bits per heavy atom. The van der Waals surface area contributed by atoms with Crippen LogP contribution in [0.5, 0.6) is 0 Å². The number of carboxylic acids is 1. The van der Waals surface area contributed by atoms with Crippen LogP contribution in [0.1, 0.15) is 42.3 Å². The van der Waals surface area contributed by atoms with Crippen LogP contribution in [0.4, 0.5) is 0 Å². The number of hydrogen-bond donors (Lipinski definition) is 2. The molecule has 2 rings (SSSR count). The van der Waals surface area contributed by atoms with Gasteiger partial charge in [0.25, 0.3) is 0 Å². The first-order valence-corrected chi connectivity index (χ1v) is 6.32. The van der Waals surface area contributed by atoms with Crippen molar-refractivity contribution in [1.29, 1.82) is 0 Å². The van der Waals surface area contributed by atoms with Crippen molar-refractivity contribution in [3.63, 3.8) is 0 Å². The fourth-order valence-electron chi connectivity index (χ4n) is 2.38. The highest BCUT2D eigenvalue weighted by atomic mass is 16.5. The summed E-state index contributed by atoms with van der Waals surface area (Å²) >= 11 is 0. The molecule has 4 heteroatoms. The predicted octanol–water partition coefficient (Wildman–Crippen LogP) is 2.06. The lowest BCUT2D eigenvalue weighted by Gasteiger charge is -2.23. The number of benzene rings is 1. The number of aliphatic carboxylic acids is 1. The van der Waals surface area contributed by atoms with E-state index in [1.54, 1.807) is 0 Å². The highest BCUT2D eigenvalue weighted by Gasteiger charge is 2.17. The van der Waals surface area contributed by atoms with Crippen molar-refractivity contribution in [1.82, 2.24) is 0 Å². The van der Waals surface area contributed by atoms with Gasteiger partial charge in [0.2, 0.25) is 0 Å². The van der Waals surface area contributed by atoms with Gasteiger partial charge in [0.05, 0.1) is 6.42 Å². The lowest BCUT2D eigenvalue weighted by molar-refractivity contribution is -0.137. The minimum atomic E-state index is -0.862. The van der Waals surface area contributed by atoms with Gasteiger partial charge in [-0.25, -0.2) is 0 Å². The van der Waals surface area contributed by atoms with E-state index in [-0.39, 0.29) is 6.42 Å². The highest BCUT2D eigenvalue weighted by molar-refractivity contribution is 5.67. The third-order valence-electron chi connectivity index (χ3n) is 3.43. The molecule has 1 unspecified atom stereocenters. The minimum absolute atomic E-state index is 0.0305. The summed E-state index contributed by atoms with van der Waals surface area (Å²) in [5.41, 5.74) is 8.04. The van der Waals surface area contributed by atoms with Gasteiger partial charge in [0.1, 0.15) is 0 Å². The Morgan fingerprint density at radius 2 is 2.17 bits per heavy atom. The maximum Gasteiger partial charge on any atom is 0.305 e. The van der Waals surface area contributed by atoms with E-state index < -0.39 is 12.0 Å². The zero-order chi connectivity index (χ0) is 13.0. The van der Waals surface area contributed by atoms with Crippen LogP contribution in [-0.2, 0) is 9.53 Å². The smallest absolute Gasteiger partial charge is 0.305 e. The molecule has 0 aliphatic carbocycles. The van der Waals surface area contributed by atoms with E-state index in [1.807, 2.05) is 18.2 Å². The fraction of sp³-hybridized carbons (Fsp3) is 0.500. The third-order valence-corrected chi connectivity index (χ3v) is 3.43. The Morgan fingerprint density at radius 3 is 2.83 bits per heavy atom. The minimum Gasteiger partial charge on any atom is -0.481 e. The van der Waals surface area contributed by atoms with E-state index in [0.29, 0.717) is 5.92 Å². The van der Waals surface area contributed by atoms with Gasteiger partial charge < -0.3 is 15.6 Å². The van der Waals surface area contributed by atoms with Crippen LogP contribution in [0.25, 0.3) is 0 Å². The molecule has 4 nitrogen and oxygen atoms in total. The summed E-state index contributed by atoms with van der Waals surface area (Å²) in [7, 11) is 0. The van der Waals surface area contributed by atoms with Crippen LogP contribution in [-0.4, -0.2) is 24.3 Å². The molecule has 0 aromatic heterocycles. The van der Waals surface area contributed by atoms with Gasteiger partial charge in [-0.15, -0.1) is 0 Å². The molecule has 1 aliphatic rings. The molecule has 1 saturated heterocycles. The molecule has 3 N–H and O–H groups in total. The van der Waals surface area contributed by atoms with Crippen molar-refractivity contribution >= 4 is 5.97 Å². The largest absolute Gasteiger partial charge is 0.481 e. The van der Waals surface area contributed by atoms with Gasteiger partial charge in [-0.2, -0.15) is 0 Å². The van der Waals surface area contributed by atoms with Crippen LogP contribution >= 0.6 is 0 Å². The zero-order valence-electron chi connectivity index (χ0n) is 10.3. The van der Waals surface area contributed by atoms with E-state index in [9.17, 15) is 4.79 Å². The monoisotopic (exact) mass is 249 g/mol. The molecule has 0 bridgehead atoms. The summed E-state index contributed by atoms with van der Waals surface area (Å²) in [6.07, 6.45) is 2.02. The summed E-state index contributed by atoms with van der Waals surface area (Å²) in [6.45, 7) is 1.60. The maximum atomic E-state index is 10.7. The van der Waals surface area contributed by atoms with E-state index in [1.165, 1.54) is 5.56 Å². The van der Waals surface area contributed by atoms with Crippen LogP contribution in [0.3, 0.4) is 0 Å². The van der Waals surface area contributed by atoms with E-state index in [2.05, 4.69) is 6.07 Å². The van der Waals surface area contributed by atoms with Crippen LogP contribution in [0.2, 0.25) is 0 Å². The predicted molar refractivity (Wildman–Crippen MR) is 68.4 cm³/mol. The second-order valence-corrected chi connectivity index (χ2v) is 4.76. The Bertz CT molecular complexity index is 413. The highest BCUT2D eigenvalue weighted by Crippen LogP contribution is 2.28. The molecule has 18 heavy (non-hydrogen) atoms. The molecule has 1 aromatic rings. The Hall–Kier alpha value is -1.39. The number of ether oxygens (including phenoxy) is 1. The topological polar surface area (TPSA) is 72.6 Å². The second-order valence-electron chi connectivity index (χ2n) is 4.76. The fourth-order valence-corrected chi connectivity index (χ4v) is 2.38. The van der Waals surface area contributed by atoms with E-state index in [4.69, 9.17) is 15.6 Å². The number of hydrogen-bond acceptors (Lipinski definition) is 3. The number of carboxylic acid groups (broad SMARTS) is 1. The standard InChI is InChI=1S/C14H19NO3/c15-13(9-14(16)17)12-3-1-2-11(8-12)10-4-6-18-7-5-10/h1-3,8,10,13H,4-7,9,15H2,(H,16,17). The van der Waals surface area contributed by atoms with E-state index >= 15 is 0 Å². The molecule has 1 fully saturated rings. The average molecular weight is 249 g/mol.